The van der Waals surface area contributed by atoms with Gasteiger partial charge in [0.05, 0.1) is 17.3 Å². The van der Waals surface area contributed by atoms with Crippen LogP contribution in [0.2, 0.25) is 5.02 Å². The molecular formula is C21H23ClN2O2. The number of fused-ring (bicyclic) bond motifs is 1. The highest BCUT2D eigenvalue weighted by Gasteiger charge is 2.27. The maximum atomic E-state index is 12.9. The van der Waals surface area contributed by atoms with Crippen LogP contribution in [0.3, 0.4) is 0 Å². The summed E-state index contributed by atoms with van der Waals surface area (Å²) in [6, 6.07) is 13.7. The molecule has 5 heteroatoms. The fraction of sp³-hybridized carbons (Fsp3) is 0.381. The smallest absolute Gasteiger partial charge is 0.231 e. The Hall–Kier alpha value is -2.20. The van der Waals surface area contributed by atoms with E-state index in [1.165, 1.54) is 19.3 Å². The second-order valence-electron chi connectivity index (χ2n) is 7.02. The van der Waals surface area contributed by atoms with E-state index in [2.05, 4.69) is 10.2 Å². The highest BCUT2D eigenvalue weighted by atomic mass is 35.5. The Morgan fingerprint density at radius 2 is 1.92 bits per heavy atom. The first-order chi connectivity index (χ1) is 12.7. The van der Waals surface area contributed by atoms with Crippen LogP contribution in [0, 0.1) is 5.92 Å². The summed E-state index contributed by atoms with van der Waals surface area (Å²) < 4.78 is 5.77. The number of para-hydroxylation sites is 1. The predicted molar refractivity (Wildman–Crippen MR) is 105 cm³/mol. The molecule has 136 valence electrons. The number of carbonyl (C=O) groups excluding carboxylic acids is 1. The molecule has 0 bridgehead atoms. The molecule has 4 rings (SSSR count). The Bertz CT molecular complexity index is 802. The lowest BCUT2D eigenvalue weighted by Crippen LogP contribution is -2.34. The molecule has 2 aromatic carbocycles. The van der Waals surface area contributed by atoms with Crippen LogP contribution in [-0.4, -0.2) is 25.6 Å². The minimum Gasteiger partial charge on any atom is -0.492 e. The summed E-state index contributed by atoms with van der Waals surface area (Å²) in [4.78, 5) is 15.2. The van der Waals surface area contributed by atoms with Gasteiger partial charge in [-0.05, 0) is 55.5 Å². The van der Waals surface area contributed by atoms with E-state index in [-0.39, 0.29) is 11.8 Å². The largest absolute Gasteiger partial charge is 0.492 e. The number of amides is 1. The standard InChI is InChI=1S/C21H23ClN2O2/c22-17-8-9-19(24-10-4-1-5-11-24)18(13-17)23-21(25)16-12-15-6-2-3-7-20(15)26-14-16/h2-3,6-9,13,16H,1,4-5,10-12,14H2,(H,23,25). The average molecular weight is 371 g/mol. The number of piperidine rings is 1. The van der Waals surface area contributed by atoms with Crippen LogP contribution >= 0.6 is 11.6 Å². The van der Waals surface area contributed by atoms with Crippen LogP contribution in [0.1, 0.15) is 24.8 Å². The number of carbonyl (C=O) groups is 1. The molecule has 0 saturated carbocycles. The molecule has 0 spiro atoms. The predicted octanol–water partition coefficient (Wildman–Crippen LogP) is 4.52. The SMILES string of the molecule is O=C(Nc1cc(Cl)ccc1N1CCCCC1)C1COc2ccccc2C1. The summed E-state index contributed by atoms with van der Waals surface area (Å²) >= 11 is 6.20. The van der Waals surface area contributed by atoms with E-state index in [1.807, 2.05) is 42.5 Å². The lowest BCUT2D eigenvalue weighted by Gasteiger charge is -2.31. The summed E-state index contributed by atoms with van der Waals surface area (Å²) in [7, 11) is 0. The molecule has 1 atom stereocenters. The van der Waals surface area contributed by atoms with Gasteiger partial charge in [0, 0.05) is 18.1 Å². The Kier molecular flexibility index (Phi) is 5.02. The van der Waals surface area contributed by atoms with Crippen molar-refractivity contribution in [3.8, 4) is 5.75 Å². The van der Waals surface area contributed by atoms with Crippen molar-refractivity contribution in [1.29, 1.82) is 0 Å². The zero-order chi connectivity index (χ0) is 17.9. The van der Waals surface area contributed by atoms with Gasteiger partial charge in [-0.2, -0.15) is 0 Å². The molecule has 4 nitrogen and oxygen atoms in total. The van der Waals surface area contributed by atoms with Crippen LogP contribution in [-0.2, 0) is 11.2 Å². The molecule has 1 amide bonds. The first-order valence-corrected chi connectivity index (χ1v) is 9.64. The lowest BCUT2D eigenvalue weighted by atomic mass is 9.96. The molecule has 1 saturated heterocycles. The Labute approximate surface area is 159 Å². The van der Waals surface area contributed by atoms with Gasteiger partial charge >= 0.3 is 0 Å². The molecule has 1 unspecified atom stereocenters. The molecule has 2 aliphatic rings. The highest BCUT2D eigenvalue weighted by Crippen LogP contribution is 2.33. The highest BCUT2D eigenvalue weighted by molar-refractivity contribution is 6.31. The van der Waals surface area contributed by atoms with Crippen molar-refractivity contribution < 1.29 is 9.53 Å². The number of anilines is 2. The fourth-order valence-electron chi connectivity index (χ4n) is 3.75. The minimum atomic E-state index is -0.196. The zero-order valence-electron chi connectivity index (χ0n) is 14.7. The third kappa shape index (κ3) is 3.65. The van der Waals surface area contributed by atoms with Crippen LogP contribution in [0.15, 0.2) is 42.5 Å². The molecule has 0 radical (unpaired) electrons. The van der Waals surface area contributed by atoms with E-state index in [0.29, 0.717) is 18.1 Å². The van der Waals surface area contributed by atoms with Gasteiger partial charge in [-0.3, -0.25) is 4.79 Å². The maximum Gasteiger partial charge on any atom is 0.231 e. The van der Waals surface area contributed by atoms with Crippen LogP contribution in [0.5, 0.6) is 5.75 Å². The number of nitrogens with one attached hydrogen (secondary N) is 1. The summed E-state index contributed by atoms with van der Waals surface area (Å²) in [5.74, 6) is 0.673. The zero-order valence-corrected chi connectivity index (χ0v) is 15.5. The summed E-state index contributed by atoms with van der Waals surface area (Å²) in [6.07, 6.45) is 4.33. The molecule has 0 aliphatic carbocycles. The molecular weight excluding hydrogens is 348 g/mol. The molecule has 26 heavy (non-hydrogen) atoms. The second kappa shape index (κ2) is 7.58. The number of rotatable bonds is 3. The van der Waals surface area contributed by atoms with E-state index in [0.717, 1.165) is 35.8 Å². The lowest BCUT2D eigenvalue weighted by molar-refractivity contribution is -0.121. The van der Waals surface area contributed by atoms with Crippen LogP contribution < -0.4 is 15.0 Å². The number of ether oxygens (including phenoxy) is 1. The Morgan fingerprint density at radius 1 is 1.12 bits per heavy atom. The normalized spacial score (nSPS) is 19.4. The van der Waals surface area contributed by atoms with Gasteiger partial charge in [0.1, 0.15) is 12.4 Å². The minimum absolute atomic E-state index is 0.0139. The van der Waals surface area contributed by atoms with Crippen LogP contribution in [0.25, 0.3) is 0 Å². The molecule has 2 aromatic rings. The number of hydrogen-bond donors (Lipinski definition) is 1. The third-order valence-corrected chi connectivity index (χ3v) is 5.40. The van der Waals surface area contributed by atoms with Crippen molar-refractivity contribution >= 4 is 28.9 Å². The van der Waals surface area contributed by atoms with Crippen molar-refractivity contribution in [2.24, 2.45) is 5.92 Å². The van der Waals surface area contributed by atoms with Crippen molar-refractivity contribution in [2.75, 3.05) is 29.9 Å². The molecule has 1 fully saturated rings. The maximum absolute atomic E-state index is 12.9. The van der Waals surface area contributed by atoms with E-state index >= 15 is 0 Å². The Morgan fingerprint density at radius 3 is 2.77 bits per heavy atom. The van der Waals surface area contributed by atoms with E-state index in [4.69, 9.17) is 16.3 Å². The summed E-state index contributed by atoms with van der Waals surface area (Å²) in [6.45, 7) is 2.44. The van der Waals surface area contributed by atoms with Gasteiger partial charge in [0.15, 0.2) is 0 Å². The monoisotopic (exact) mass is 370 g/mol. The summed E-state index contributed by atoms with van der Waals surface area (Å²) in [5.41, 5.74) is 2.93. The quantitative estimate of drug-likeness (QED) is 0.863. The van der Waals surface area contributed by atoms with Gasteiger partial charge in [-0.25, -0.2) is 0 Å². The van der Waals surface area contributed by atoms with Crippen molar-refractivity contribution in [2.45, 2.75) is 25.7 Å². The molecule has 0 aromatic heterocycles. The average Bonchev–Trinajstić information content (AvgIpc) is 2.68. The van der Waals surface area contributed by atoms with Gasteiger partial charge in [-0.15, -0.1) is 0 Å². The van der Waals surface area contributed by atoms with Crippen LogP contribution in [0.4, 0.5) is 11.4 Å². The number of benzene rings is 2. The topological polar surface area (TPSA) is 41.6 Å². The van der Waals surface area contributed by atoms with Crippen molar-refractivity contribution in [3.63, 3.8) is 0 Å². The molecule has 1 N–H and O–H groups in total. The second-order valence-corrected chi connectivity index (χ2v) is 7.45. The van der Waals surface area contributed by atoms with E-state index in [1.54, 1.807) is 0 Å². The van der Waals surface area contributed by atoms with Crippen molar-refractivity contribution in [3.05, 3.63) is 53.1 Å². The Balaban J connectivity index is 1.52. The third-order valence-electron chi connectivity index (χ3n) is 5.16. The van der Waals surface area contributed by atoms with E-state index < -0.39 is 0 Å². The first-order valence-electron chi connectivity index (χ1n) is 9.27. The number of nitrogens with zero attached hydrogens (tertiary/aromatic N) is 1. The number of hydrogen-bond acceptors (Lipinski definition) is 3. The fourth-order valence-corrected chi connectivity index (χ4v) is 3.92. The van der Waals surface area contributed by atoms with Crippen molar-refractivity contribution in [1.82, 2.24) is 0 Å². The first kappa shape index (κ1) is 17.2. The van der Waals surface area contributed by atoms with Gasteiger partial charge in [-0.1, -0.05) is 29.8 Å². The van der Waals surface area contributed by atoms with E-state index in [9.17, 15) is 4.79 Å². The molecule has 2 heterocycles. The molecule has 2 aliphatic heterocycles. The van der Waals surface area contributed by atoms with Gasteiger partial charge in [0.25, 0.3) is 0 Å². The van der Waals surface area contributed by atoms with Gasteiger partial charge < -0.3 is 15.0 Å². The van der Waals surface area contributed by atoms with Gasteiger partial charge in [0.2, 0.25) is 5.91 Å². The number of halogens is 1. The summed E-state index contributed by atoms with van der Waals surface area (Å²) in [5, 5.41) is 3.73.